The van der Waals surface area contributed by atoms with Crippen LogP contribution < -0.4 is 0 Å². The summed E-state index contributed by atoms with van der Waals surface area (Å²) in [5, 5.41) is 0. The van der Waals surface area contributed by atoms with E-state index >= 15 is 0 Å². The second-order valence-corrected chi connectivity index (χ2v) is 4.87. The number of furan rings is 1. The van der Waals surface area contributed by atoms with E-state index in [4.69, 9.17) is 4.42 Å². The van der Waals surface area contributed by atoms with Gasteiger partial charge in [-0.1, -0.05) is 13.8 Å². The van der Waals surface area contributed by atoms with Crippen LogP contribution in [0.15, 0.2) is 22.8 Å². The Balaban J connectivity index is 2.02. The minimum atomic E-state index is 0.0374. The Bertz CT molecular complexity index is 343. The van der Waals surface area contributed by atoms with Crippen molar-refractivity contribution in [3.63, 3.8) is 0 Å². The molecule has 1 aromatic heterocycles. The number of rotatable bonds is 2. The van der Waals surface area contributed by atoms with E-state index in [0.717, 1.165) is 19.5 Å². The molecule has 3 heteroatoms. The Morgan fingerprint density at radius 3 is 3.00 bits per heavy atom. The first-order valence-electron chi connectivity index (χ1n) is 6.01. The predicted molar refractivity (Wildman–Crippen MR) is 62.2 cm³/mol. The van der Waals surface area contributed by atoms with Gasteiger partial charge in [-0.05, 0) is 36.8 Å². The quantitative estimate of drug-likeness (QED) is 0.769. The number of carbonyl (C=O) groups excluding carboxylic acids is 1. The molecule has 0 bridgehead atoms. The first-order valence-corrected chi connectivity index (χ1v) is 6.01. The van der Waals surface area contributed by atoms with Crippen molar-refractivity contribution in [3.05, 3.63) is 24.2 Å². The van der Waals surface area contributed by atoms with Gasteiger partial charge in [0, 0.05) is 13.1 Å². The fourth-order valence-electron chi connectivity index (χ4n) is 2.29. The van der Waals surface area contributed by atoms with Crippen LogP contribution in [-0.4, -0.2) is 23.9 Å². The highest BCUT2D eigenvalue weighted by Gasteiger charge is 2.27. The van der Waals surface area contributed by atoms with Gasteiger partial charge < -0.3 is 9.32 Å². The molecule has 16 heavy (non-hydrogen) atoms. The number of piperidine rings is 1. The number of carbonyl (C=O) groups is 1. The number of hydrogen-bond acceptors (Lipinski definition) is 2. The van der Waals surface area contributed by atoms with E-state index in [9.17, 15) is 4.79 Å². The molecule has 1 aliphatic heterocycles. The second-order valence-electron chi connectivity index (χ2n) is 4.87. The van der Waals surface area contributed by atoms with Gasteiger partial charge in [0.25, 0.3) is 5.91 Å². The van der Waals surface area contributed by atoms with Gasteiger partial charge in [0.1, 0.15) is 0 Å². The maximum atomic E-state index is 12.1. The summed E-state index contributed by atoms with van der Waals surface area (Å²) < 4.78 is 5.15. The fraction of sp³-hybridized carbons (Fsp3) is 0.615. The lowest BCUT2D eigenvalue weighted by Gasteiger charge is -2.34. The Hall–Kier alpha value is -1.25. The summed E-state index contributed by atoms with van der Waals surface area (Å²) in [5.41, 5.74) is 0. The molecule has 0 aliphatic carbocycles. The Morgan fingerprint density at radius 1 is 1.56 bits per heavy atom. The summed E-state index contributed by atoms with van der Waals surface area (Å²) in [6.45, 7) is 6.19. The van der Waals surface area contributed by atoms with Crippen LogP contribution in [0.1, 0.15) is 37.2 Å². The molecular weight excluding hydrogens is 202 g/mol. The Morgan fingerprint density at radius 2 is 2.38 bits per heavy atom. The van der Waals surface area contributed by atoms with Gasteiger partial charge >= 0.3 is 0 Å². The van der Waals surface area contributed by atoms with Crippen LogP contribution in [0.3, 0.4) is 0 Å². The molecule has 2 rings (SSSR count). The minimum absolute atomic E-state index is 0.0374. The van der Waals surface area contributed by atoms with Gasteiger partial charge in [-0.3, -0.25) is 4.79 Å². The molecule has 1 aromatic rings. The largest absolute Gasteiger partial charge is 0.459 e. The lowest BCUT2D eigenvalue weighted by Crippen LogP contribution is -2.41. The molecule has 0 saturated carbocycles. The van der Waals surface area contributed by atoms with Crippen molar-refractivity contribution in [2.24, 2.45) is 11.8 Å². The summed E-state index contributed by atoms with van der Waals surface area (Å²) in [7, 11) is 0. The van der Waals surface area contributed by atoms with Crippen LogP contribution in [0.25, 0.3) is 0 Å². The van der Waals surface area contributed by atoms with Gasteiger partial charge in [0.2, 0.25) is 0 Å². The van der Waals surface area contributed by atoms with Gasteiger partial charge in [0.15, 0.2) is 5.76 Å². The molecule has 1 unspecified atom stereocenters. The number of amides is 1. The van der Waals surface area contributed by atoms with Gasteiger partial charge in [-0.15, -0.1) is 0 Å². The molecule has 1 amide bonds. The van der Waals surface area contributed by atoms with E-state index in [1.807, 2.05) is 4.90 Å². The first-order chi connectivity index (χ1) is 7.68. The second kappa shape index (κ2) is 4.73. The standard InChI is InChI=1S/C13H19NO2/c1-10(2)11-5-3-7-14(9-11)13(15)12-6-4-8-16-12/h4,6,8,10-11H,3,5,7,9H2,1-2H3. The molecule has 3 nitrogen and oxygen atoms in total. The molecule has 88 valence electrons. The number of likely N-dealkylation sites (tertiary alicyclic amines) is 1. The molecule has 2 heterocycles. The van der Waals surface area contributed by atoms with Crippen molar-refractivity contribution in [2.45, 2.75) is 26.7 Å². The molecule has 0 radical (unpaired) electrons. The van der Waals surface area contributed by atoms with E-state index in [1.54, 1.807) is 18.4 Å². The third kappa shape index (κ3) is 2.29. The summed E-state index contributed by atoms with van der Waals surface area (Å²) >= 11 is 0. The van der Waals surface area contributed by atoms with Crippen LogP contribution in [0.2, 0.25) is 0 Å². The van der Waals surface area contributed by atoms with Crippen LogP contribution >= 0.6 is 0 Å². The maximum Gasteiger partial charge on any atom is 0.289 e. The van der Waals surface area contributed by atoms with E-state index in [0.29, 0.717) is 17.6 Å². The topological polar surface area (TPSA) is 33.5 Å². The van der Waals surface area contributed by atoms with Crippen LogP contribution in [0.4, 0.5) is 0 Å². The predicted octanol–water partition coefficient (Wildman–Crippen LogP) is 2.79. The van der Waals surface area contributed by atoms with E-state index in [-0.39, 0.29) is 5.91 Å². The number of nitrogens with zero attached hydrogens (tertiary/aromatic N) is 1. The van der Waals surface area contributed by atoms with E-state index < -0.39 is 0 Å². The third-order valence-corrected chi connectivity index (χ3v) is 3.42. The molecule has 1 aliphatic rings. The zero-order valence-electron chi connectivity index (χ0n) is 9.98. The number of hydrogen-bond donors (Lipinski definition) is 0. The lowest BCUT2D eigenvalue weighted by atomic mass is 9.88. The summed E-state index contributed by atoms with van der Waals surface area (Å²) in [4.78, 5) is 14.0. The summed E-state index contributed by atoms with van der Waals surface area (Å²) in [5.74, 6) is 1.78. The van der Waals surface area contributed by atoms with E-state index in [2.05, 4.69) is 13.8 Å². The van der Waals surface area contributed by atoms with Crippen LogP contribution in [0, 0.1) is 11.8 Å². The minimum Gasteiger partial charge on any atom is -0.459 e. The van der Waals surface area contributed by atoms with Gasteiger partial charge in [0.05, 0.1) is 6.26 Å². The van der Waals surface area contributed by atoms with Crippen molar-refractivity contribution < 1.29 is 9.21 Å². The average molecular weight is 221 g/mol. The Labute approximate surface area is 96.4 Å². The highest BCUT2D eigenvalue weighted by molar-refractivity contribution is 5.91. The van der Waals surface area contributed by atoms with Gasteiger partial charge in [-0.25, -0.2) is 0 Å². The van der Waals surface area contributed by atoms with E-state index in [1.165, 1.54) is 6.42 Å². The first kappa shape index (κ1) is 11.2. The zero-order valence-corrected chi connectivity index (χ0v) is 9.98. The monoisotopic (exact) mass is 221 g/mol. The van der Waals surface area contributed by atoms with Crippen molar-refractivity contribution in [3.8, 4) is 0 Å². The van der Waals surface area contributed by atoms with Crippen molar-refractivity contribution in [1.29, 1.82) is 0 Å². The summed E-state index contributed by atoms with van der Waals surface area (Å²) in [6, 6.07) is 3.50. The molecule has 0 aromatic carbocycles. The third-order valence-electron chi connectivity index (χ3n) is 3.42. The van der Waals surface area contributed by atoms with Crippen LogP contribution in [-0.2, 0) is 0 Å². The average Bonchev–Trinajstić information content (AvgIpc) is 2.81. The highest BCUT2D eigenvalue weighted by atomic mass is 16.3. The lowest BCUT2D eigenvalue weighted by molar-refractivity contribution is 0.0610. The maximum absolute atomic E-state index is 12.1. The van der Waals surface area contributed by atoms with Crippen molar-refractivity contribution in [2.75, 3.05) is 13.1 Å². The SMILES string of the molecule is CC(C)C1CCCN(C(=O)c2ccco2)C1. The molecule has 0 N–H and O–H groups in total. The summed E-state index contributed by atoms with van der Waals surface area (Å²) in [6.07, 6.45) is 3.89. The van der Waals surface area contributed by atoms with Crippen LogP contribution in [0.5, 0.6) is 0 Å². The van der Waals surface area contributed by atoms with Crippen molar-refractivity contribution in [1.82, 2.24) is 4.90 Å². The van der Waals surface area contributed by atoms with Gasteiger partial charge in [-0.2, -0.15) is 0 Å². The molecule has 1 atom stereocenters. The molecule has 1 saturated heterocycles. The normalized spacial score (nSPS) is 21.4. The molecule has 1 fully saturated rings. The fourth-order valence-corrected chi connectivity index (χ4v) is 2.29. The Kier molecular flexibility index (Phi) is 3.32. The molecular formula is C13H19NO2. The molecule has 0 spiro atoms. The zero-order chi connectivity index (χ0) is 11.5. The van der Waals surface area contributed by atoms with Crippen molar-refractivity contribution >= 4 is 5.91 Å². The smallest absolute Gasteiger partial charge is 0.289 e. The highest BCUT2D eigenvalue weighted by Crippen LogP contribution is 2.24.